The summed E-state index contributed by atoms with van der Waals surface area (Å²) >= 11 is 1.65. The van der Waals surface area contributed by atoms with Gasteiger partial charge in [-0.3, -0.25) is 0 Å². The van der Waals surface area contributed by atoms with Gasteiger partial charge in [-0.15, -0.1) is 11.3 Å². The highest BCUT2D eigenvalue weighted by Gasteiger charge is 2.25. The van der Waals surface area contributed by atoms with E-state index in [0.717, 1.165) is 41.8 Å². The first-order valence-corrected chi connectivity index (χ1v) is 7.96. The fourth-order valence-corrected chi connectivity index (χ4v) is 3.45. The first kappa shape index (κ1) is 13.6. The van der Waals surface area contributed by atoms with Crippen molar-refractivity contribution >= 4 is 33.3 Å². The first-order valence-electron chi connectivity index (χ1n) is 7.08. The van der Waals surface area contributed by atoms with Crippen LogP contribution >= 0.6 is 11.3 Å². The molecule has 2 unspecified atom stereocenters. The van der Waals surface area contributed by atoms with Crippen molar-refractivity contribution in [3.05, 3.63) is 11.4 Å². The van der Waals surface area contributed by atoms with Crippen LogP contribution in [0, 0.1) is 0 Å². The van der Waals surface area contributed by atoms with Crippen molar-refractivity contribution in [1.29, 1.82) is 0 Å². The van der Waals surface area contributed by atoms with Gasteiger partial charge in [-0.2, -0.15) is 4.98 Å². The normalized spacial score (nSPS) is 22.3. The van der Waals surface area contributed by atoms with E-state index in [0.29, 0.717) is 18.1 Å². The second kappa shape index (κ2) is 5.93. The number of anilines is 2. The molecule has 20 heavy (non-hydrogen) atoms. The van der Waals surface area contributed by atoms with Crippen molar-refractivity contribution in [3.8, 4) is 0 Å². The van der Waals surface area contributed by atoms with Gasteiger partial charge >= 0.3 is 0 Å². The maximum Gasteiger partial charge on any atom is 0.226 e. The lowest BCUT2D eigenvalue weighted by molar-refractivity contribution is 0.108. The Labute approximate surface area is 122 Å². The number of fused-ring (bicyclic) bond motifs is 1. The van der Waals surface area contributed by atoms with Crippen LogP contribution in [0.1, 0.15) is 26.2 Å². The van der Waals surface area contributed by atoms with E-state index in [4.69, 9.17) is 4.74 Å². The summed E-state index contributed by atoms with van der Waals surface area (Å²) in [5, 5.41) is 9.93. The molecule has 2 aromatic rings. The van der Waals surface area contributed by atoms with E-state index in [1.54, 1.807) is 18.4 Å². The minimum absolute atomic E-state index is 0.376. The van der Waals surface area contributed by atoms with Gasteiger partial charge in [-0.1, -0.05) is 0 Å². The number of thiophene rings is 1. The zero-order valence-electron chi connectivity index (χ0n) is 11.8. The average Bonchev–Trinajstić information content (AvgIpc) is 3.07. The molecule has 0 radical (unpaired) electrons. The number of hydrogen-bond acceptors (Lipinski definition) is 6. The van der Waals surface area contributed by atoms with Crippen molar-refractivity contribution in [1.82, 2.24) is 9.97 Å². The van der Waals surface area contributed by atoms with E-state index in [1.165, 1.54) is 0 Å². The van der Waals surface area contributed by atoms with E-state index in [2.05, 4.69) is 39.0 Å². The van der Waals surface area contributed by atoms with E-state index in [1.807, 2.05) is 0 Å². The quantitative estimate of drug-likeness (QED) is 0.887. The van der Waals surface area contributed by atoms with Gasteiger partial charge in [-0.05, 0) is 37.6 Å². The largest absolute Gasteiger partial charge is 0.381 e. The number of nitrogens with zero attached hydrogens (tertiary/aromatic N) is 2. The number of rotatable bonds is 5. The standard InChI is InChI=1S/C14H20N4OS/c1-3-15-14-17-12(11-6-7-20-13(11)18-14)16-9-4-5-10(8-9)19-2/h6-7,9-10H,3-5,8H2,1-2H3,(H2,15,16,17,18). The number of hydrogen-bond donors (Lipinski definition) is 2. The zero-order chi connectivity index (χ0) is 13.9. The summed E-state index contributed by atoms with van der Waals surface area (Å²) < 4.78 is 5.43. The highest BCUT2D eigenvalue weighted by Crippen LogP contribution is 2.30. The Hall–Kier alpha value is -1.40. The third-order valence-corrected chi connectivity index (χ3v) is 4.53. The van der Waals surface area contributed by atoms with E-state index in [9.17, 15) is 0 Å². The maximum absolute atomic E-state index is 5.43. The van der Waals surface area contributed by atoms with Gasteiger partial charge in [-0.25, -0.2) is 4.98 Å². The number of ether oxygens (including phenoxy) is 1. The van der Waals surface area contributed by atoms with Crippen LogP contribution in [0.25, 0.3) is 10.2 Å². The van der Waals surface area contributed by atoms with Crippen LogP contribution in [0.5, 0.6) is 0 Å². The third-order valence-electron chi connectivity index (χ3n) is 3.72. The Morgan fingerprint density at radius 2 is 2.30 bits per heavy atom. The molecule has 0 aromatic carbocycles. The lowest BCUT2D eigenvalue weighted by atomic mass is 10.2. The molecule has 0 aliphatic heterocycles. The molecule has 0 saturated heterocycles. The number of aromatic nitrogens is 2. The lowest BCUT2D eigenvalue weighted by Gasteiger charge is -2.15. The van der Waals surface area contributed by atoms with Crippen LogP contribution in [0.4, 0.5) is 11.8 Å². The molecule has 1 fully saturated rings. The molecule has 2 heterocycles. The highest BCUT2D eigenvalue weighted by atomic mass is 32.1. The van der Waals surface area contributed by atoms with Crippen LogP contribution in [0.15, 0.2) is 11.4 Å². The van der Waals surface area contributed by atoms with Gasteiger partial charge < -0.3 is 15.4 Å². The molecule has 3 rings (SSSR count). The summed E-state index contributed by atoms with van der Waals surface area (Å²) in [7, 11) is 1.79. The minimum atomic E-state index is 0.376. The van der Waals surface area contributed by atoms with Crippen molar-refractivity contribution in [2.24, 2.45) is 0 Å². The van der Waals surface area contributed by atoms with Gasteiger partial charge in [0.1, 0.15) is 10.6 Å². The van der Waals surface area contributed by atoms with Crippen molar-refractivity contribution in [3.63, 3.8) is 0 Å². The molecule has 2 N–H and O–H groups in total. The molecule has 1 saturated carbocycles. The molecule has 2 atom stereocenters. The maximum atomic E-state index is 5.43. The molecular formula is C14H20N4OS. The molecule has 0 amide bonds. The van der Waals surface area contributed by atoms with Gasteiger partial charge in [0.05, 0.1) is 11.5 Å². The predicted molar refractivity (Wildman–Crippen MR) is 83.6 cm³/mol. The molecule has 0 bridgehead atoms. The van der Waals surface area contributed by atoms with E-state index in [-0.39, 0.29) is 0 Å². The Kier molecular flexibility index (Phi) is 4.03. The molecule has 6 heteroatoms. The van der Waals surface area contributed by atoms with Crippen LogP contribution in [-0.2, 0) is 4.74 Å². The van der Waals surface area contributed by atoms with Crippen LogP contribution in [0.2, 0.25) is 0 Å². The Morgan fingerprint density at radius 1 is 1.40 bits per heavy atom. The smallest absolute Gasteiger partial charge is 0.226 e. The minimum Gasteiger partial charge on any atom is -0.381 e. The van der Waals surface area contributed by atoms with Gasteiger partial charge in [0.2, 0.25) is 5.95 Å². The predicted octanol–water partition coefficient (Wildman–Crippen LogP) is 3.10. The lowest BCUT2D eigenvalue weighted by Crippen LogP contribution is -2.18. The second-order valence-electron chi connectivity index (χ2n) is 5.08. The summed E-state index contributed by atoms with van der Waals surface area (Å²) in [6, 6.07) is 2.52. The van der Waals surface area contributed by atoms with Crippen molar-refractivity contribution < 1.29 is 4.74 Å². The number of nitrogens with one attached hydrogen (secondary N) is 2. The van der Waals surface area contributed by atoms with E-state index >= 15 is 0 Å². The average molecular weight is 292 g/mol. The summed E-state index contributed by atoms with van der Waals surface area (Å²) in [6.07, 6.45) is 3.67. The number of methoxy groups -OCH3 is 1. The molecule has 1 aliphatic carbocycles. The Balaban J connectivity index is 1.84. The Morgan fingerprint density at radius 3 is 3.05 bits per heavy atom. The van der Waals surface area contributed by atoms with Crippen molar-refractivity contribution in [2.45, 2.75) is 38.3 Å². The topological polar surface area (TPSA) is 59.1 Å². The fraction of sp³-hybridized carbons (Fsp3) is 0.571. The Bertz CT molecular complexity index is 586. The molecular weight excluding hydrogens is 272 g/mol. The van der Waals surface area contributed by atoms with Crippen molar-refractivity contribution in [2.75, 3.05) is 24.3 Å². The van der Waals surface area contributed by atoms with Gasteiger partial charge in [0.15, 0.2) is 0 Å². The first-order chi connectivity index (χ1) is 9.80. The molecule has 5 nitrogen and oxygen atoms in total. The SMILES string of the molecule is CCNc1nc(NC2CCC(OC)C2)c2ccsc2n1. The summed E-state index contributed by atoms with van der Waals surface area (Å²) in [5.74, 6) is 1.64. The fourth-order valence-electron chi connectivity index (χ4n) is 2.68. The summed E-state index contributed by atoms with van der Waals surface area (Å²) in [4.78, 5) is 10.2. The van der Waals surface area contributed by atoms with Crippen LogP contribution < -0.4 is 10.6 Å². The van der Waals surface area contributed by atoms with Crippen LogP contribution in [0.3, 0.4) is 0 Å². The molecule has 0 spiro atoms. The van der Waals surface area contributed by atoms with Crippen LogP contribution in [-0.4, -0.2) is 35.8 Å². The van der Waals surface area contributed by atoms with Gasteiger partial charge in [0.25, 0.3) is 0 Å². The highest BCUT2D eigenvalue weighted by molar-refractivity contribution is 7.16. The third kappa shape index (κ3) is 2.71. The molecule has 2 aromatic heterocycles. The second-order valence-corrected chi connectivity index (χ2v) is 5.97. The zero-order valence-corrected chi connectivity index (χ0v) is 12.7. The monoisotopic (exact) mass is 292 g/mol. The summed E-state index contributed by atoms with van der Waals surface area (Å²) in [5.41, 5.74) is 0. The van der Waals surface area contributed by atoms with E-state index < -0.39 is 0 Å². The van der Waals surface area contributed by atoms with Gasteiger partial charge in [0, 0.05) is 19.7 Å². The molecule has 1 aliphatic rings. The summed E-state index contributed by atoms with van der Waals surface area (Å²) in [6.45, 7) is 2.88. The molecule has 108 valence electrons.